The Labute approximate surface area is 158 Å². The number of rotatable bonds is 6. The van der Waals surface area contributed by atoms with E-state index in [-0.39, 0.29) is 11.5 Å². The highest BCUT2D eigenvalue weighted by Gasteiger charge is 2.14. The molecule has 0 saturated carbocycles. The summed E-state index contributed by atoms with van der Waals surface area (Å²) < 4.78 is 1.56. The largest absolute Gasteiger partial charge is 0.325 e. The van der Waals surface area contributed by atoms with Crippen molar-refractivity contribution in [2.24, 2.45) is 5.92 Å². The lowest BCUT2D eigenvalue weighted by Gasteiger charge is -2.22. The number of halogens is 1. The van der Waals surface area contributed by atoms with Crippen LogP contribution in [0.4, 0.5) is 5.69 Å². The Bertz CT molecular complexity index is 813. The summed E-state index contributed by atoms with van der Waals surface area (Å²) in [7, 11) is 0. The molecule has 1 saturated heterocycles. The fourth-order valence-electron chi connectivity index (χ4n) is 3.27. The van der Waals surface area contributed by atoms with Gasteiger partial charge in [0.05, 0.1) is 12.2 Å². The molecule has 1 aromatic carbocycles. The van der Waals surface area contributed by atoms with Crippen LogP contribution >= 0.6 is 11.6 Å². The van der Waals surface area contributed by atoms with Gasteiger partial charge in [-0.25, -0.2) is 0 Å². The molecular weight excluding hydrogens is 350 g/mol. The second-order valence-electron chi connectivity index (χ2n) is 6.76. The van der Waals surface area contributed by atoms with Gasteiger partial charge in [0.15, 0.2) is 0 Å². The monoisotopic (exact) mass is 373 g/mol. The fourth-order valence-corrected chi connectivity index (χ4v) is 3.46. The summed E-state index contributed by atoms with van der Waals surface area (Å²) in [6.07, 6.45) is 5.36. The number of nitrogens with one attached hydrogen (secondary N) is 2. The van der Waals surface area contributed by atoms with Gasteiger partial charge in [-0.15, -0.1) is 0 Å². The van der Waals surface area contributed by atoms with Crippen LogP contribution in [0.25, 0.3) is 0 Å². The zero-order valence-electron chi connectivity index (χ0n) is 14.7. The van der Waals surface area contributed by atoms with Crippen LogP contribution in [0.15, 0.2) is 47.4 Å². The maximum absolute atomic E-state index is 12.2. The number of nitrogens with zero attached hydrogens (tertiary/aromatic N) is 1. The number of amides is 1. The molecule has 1 aliphatic rings. The van der Waals surface area contributed by atoms with Crippen molar-refractivity contribution in [3.63, 3.8) is 0 Å². The van der Waals surface area contributed by atoms with Crippen LogP contribution in [0.5, 0.6) is 0 Å². The van der Waals surface area contributed by atoms with Gasteiger partial charge in [0.1, 0.15) is 0 Å². The van der Waals surface area contributed by atoms with Gasteiger partial charge < -0.3 is 15.2 Å². The molecule has 0 radical (unpaired) electrons. The lowest BCUT2D eigenvalue weighted by Crippen LogP contribution is -2.28. The normalized spacial score (nSPS) is 15.0. The number of carbonyl (C=O) groups is 1. The minimum Gasteiger partial charge on any atom is -0.325 e. The lowest BCUT2D eigenvalue weighted by molar-refractivity contribution is -0.116. The Balaban J connectivity index is 1.60. The third kappa shape index (κ3) is 5.19. The first kappa shape index (κ1) is 18.7. The molecule has 0 spiro atoms. The van der Waals surface area contributed by atoms with E-state index < -0.39 is 0 Å². The molecule has 1 amide bonds. The quantitative estimate of drug-likeness (QED) is 0.816. The summed E-state index contributed by atoms with van der Waals surface area (Å²) in [5, 5.41) is 6.86. The van der Waals surface area contributed by atoms with Gasteiger partial charge in [0.2, 0.25) is 5.91 Å². The second-order valence-corrected chi connectivity index (χ2v) is 7.16. The predicted octanol–water partition coefficient (Wildman–Crippen LogP) is 3.27. The van der Waals surface area contributed by atoms with Crippen molar-refractivity contribution in [2.75, 3.05) is 18.4 Å². The first-order chi connectivity index (χ1) is 12.6. The van der Waals surface area contributed by atoms with Crippen molar-refractivity contribution in [2.45, 2.75) is 32.2 Å². The van der Waals surface area contributed by atoms with Crippen molar-refractivity contribution < 1.29 is 4.79 Å². The third-order valence-corrected chi connectivity index (χ3v) is 5.17. The molecule has 0 aliphatic carbocycles. The molecule has 2 heterocycles. The number of aromatic nitrogens is 1. The summed E-state index contributed by atoms with van der Waals surface area (Å²) in [5.41, 5.74) is 1.37. The van der Waals surface area contributed by atoms with E-state index in [2.05, 4.69) is 10.6 Å². The lowest BCUT2D eigenvalue weighted by atomic mass is 9.93. The van der Waals surface area contributed by atoms with Crippen LogP contribution < -0.4 is 16.2 Å². The van der Waals surface area contributed by atoms with Gasteiger partial charge in [-0.3, -0.25) is 9.59 Å². The Morgan fingerprint density at radius 2 is 1.96 bits per heavy atom. The van der Waals surface area contributed by atoms with Crippen LogP contribution in [-0.2, 0) is 11.3 Å². The number of carbonyl (C=O) groups excluding carboxylic acids is 1. The Kier molecular flexibility index (Phi) is 6.47. The van der Waals surface area contributed by atoms with Crippen molar-refractivity contribution in [3.05, 3.63) is 63.5 Å². The minimum absolute atomic E-state index is 0.00789. The topological polar surface area (TPSA) is 63.1 Å². The number of anilines is 1. The molecule has 1 aromatic heterocycles. The summed E-state index contributed by atoms with van der Waals surface area (Å²) in [5.74, 6) is 0.614. The Hall–Kier alpha value is -2.11. The van der Waals surface area contributed by atoms with Crippen LogP contribution in [0.2, 0.25) is 5.02 Å². The Morgan fingerprint density at radius 1 is 1.19 bits per heavy atom. The molecule has 0 bridgehead atoms. The van der Waals surface area contributed by atoms with Crippen LogP contribution in [0.1, 0.15) is 31.2 Å². The number of hydrogen-bond acceptors (Lipinski definition) is 3. The smallest absolute Gasteiger partial charge is 0.250 e. The first-order valence-corrected chi connectivity index (χ1v) is 9.44. The number of benzene rings is 1. The second kappa shape index (κ2) is 9.01. The highest BCUT2D eigenvalue weighted by atomic mass is 35.5. The van der Waals surface area contributed by atoms with Crippen LogP contribution in [0.3, 0.4) is 0 Å². The van der Waals surface area contributed by atoms with E-state index in [4.69, 9.17) is 11.6 Å². The molecule has 3 rings (SSSR count). The minimum atomic E-state index is -0.127. The molecule has 1 aliphatic heterocycles. The summed E-state index contributed by atoms with van der Waals surface area (Å²) >= 11 is 6.18. The fraction of sp³-hybridized carbons (Fsp3) is 0.400. The average Bonchev–Trinajstić information content (AvgIpc) is 2.65. The van der Waals surface area contributed by atoms with Crippen molar-refractivity contribution in [1.29, 1.82) is 0 Å². The molecule has 138 valence electrons. The molecule has 5 nitrogen and oxygen atoms in total. The molecule has 1 fully saturated rings. The number of hydrogen-bond donors (Lipinski definition) is 2. The molecule has 2 aromatic rings. The van der Waals surface area contributed by atoms with Gasteiger partial charge in [-0.05, 0) is 56.0 Å². The molecule has 26 heavy (non-hydrogen) atoms. The highest BCUT2D eigenvalue weighted by Crippen LogP contribution is 2.19. The van der Waals surface area contributed by atoms with E-state index in [1.807, 2.05) is 18.2 Å². The summed E-state index contributed by atoms with van der Waals surface area (Å²) in [6, 6.07) is 10.5. The zero-order chi connectivity index (χ0) is 18.4. The van der Waals surface area contributed by atoms with Crippen LogP contribution in [0, 0.1) is 5.92 Å². The molecular formula is C20H24ClN3O2. The van der Waals surface area contributed by atoms with Gasteiger partial charge in [0, 0.05) is 23.7 Å². The van der Waals surface area contributed by atoms with E-state index in [9.17, 15) is 9.59 Å². The SMILES string of the molecule is O=C(CCC1CCNCC1)Nc1ccc(=O)n(Cc2ccccc2Cl)c1. The van der Waals surface area contributed by atoms with E-state index >= 15 is 0 Å². The van der Waals surface area contributed by atoms with Crippen molar-refractivity contribution >= 4 is 23.2 Å². The van der Waals surface area contributed by atoms with Gasteiger partial charge in [-0.1, -0.05) is 29.8 Å². The molecule has 0 atom stereocenters. The first-order valence-electron chi connectivity index (χ1n) is 9.06. The molecule has 0 unspecified atom stereocenters. The van der Waals surface area contributed by atoms with Crippen LogP contribution in [-0.4, -0.2) is 23.6 Å². The van der Waals surface area contributed by atoms with E-state index in [1.165, 1.54) is 6.07 Å². The zero-order valence-corrected chi connectivity index (χ0v) is 15.5. The van der Waals surface area contributed by atoms with E-state index in [0.717, 1.165) is 37.9 Å². The van der Waals surface area contributed by atoms with Crippen molar-refractivity contribution in [1.82, 2.24) is 9.88 Å². The summed E-state index contributed by atoms with van der Waals surface area (Å²) in [6.45, 7) is 2.45. The molecule has 6 heteroatoms. The highest BCUT2D eigenvalue weighted by molar-refractivity contribution is 6.31. The number of pyridine rings is 1. The standard InChI is InChI=1S/C20H24ClN3O2/c21-18-4-2-1-3-16(18)13-24-14-17(6-8-20(24)26)23-19(25)7-5-15-9-11-22-12-10-15/h1-4,6,8,14-15,22H,5,7,9-13H2,(H,23,25). The van der Waals surface area contributed by atoms with Gasteiger partial charge in [0.25, 0.3) is 5.56 Å². The number of piperidine rings is 1. The maximum Gasteiger partial charge on any atom is 0.250 e. The van der Waals surface area contributed by atoms with Gasteiger partial charge in [-0.2, -0.15) is 0 Å². The summed E-state index contributed by atoms with van der Waals surface area (Å²) in [4.78, 5) is 24.3. The molecule has 2 N–H and O–H groups in total. The van der Waals surface area contributed by atoms with E-state index in [1.54, 1.807) is 22.9 Å². The Morgan fingerprint density at radius 3 is 2.73 bits per heavy atom. The average molecular weight is 374 g/mol. The predicted molar refractivity (Wildman–Crippen MR) is 105 cm³/mol. The van der Waals surface area contributed by atoms with E-state index in [0.29, 0.717) is 29.6 Å². The maximum atomic E-state index is 12.2. The van der Waals surface area contributed by atoms with Gasteiger partial charge >= 0.3 is 0 Å². The van der Waals surface area contributed by atoms with Crippen molar-refractivity contribution in [3.8, 4) is 0 Å². The third-order valence-electron chi connectivity index (χ3n) is 4.80.